The van der Waals surface area contributed by atoms with E-state index in [0.29, 0.717) is 18.9 Å². The zero-order valence-corrected chi connectivity index (χ0v) is 22.8. The number of nitrogens with zero attached hydrogens (tertiary/aromatic N) is 1. The molecule has 2 aliphatic rings. The molecule has 0 saturated carbocycles. The van der Waals surface area contributed by atoms with Crippen molar-refractivity contribution in [2.75, 3.05) is 0 Å². The summed E-state index contributed by atoms with van der Waals surface area (Å²) in [5, 5.41) is 2.93. The molecule has 1 heterocycles. The molecule has 1 N–H and O–H groups in total. The van der Waals surface area contributed by atoms with E-state index in [0.717, 1.165) is 23.3 Å². The van der Waals surface area contributed by atoms with Gasteiger partial charge in [-0.1, -0.05) is 44.2 Å². The molecule has 1 aliphatic heterocycles. The second-order valence-electron chi connectivity index (χ2n) is 12.0. The minimum Gasteiger partial charge on any atom is -0.458 e. The molecule has 1 saturated heterocycles. The van der Waals surface area contributed by atoms with Gasteiger partial charge in [-0.25, -0.2) is 13.6 Å². The highest BCUT2D eigenvalue weighted by atomic mass is 19.1. The molecule has 2 aromatic rings. The van der Waals surface area contributed by atoms with Gasteiger partial charge in [0.2, 0.25) is 11.8 Å². The molecule has 0 bridgehead atoms. The maximum atomic E-state index is 15.4. The maximum absolute atomic E-state index is 15.4. The van der Waals surface area contributed by atoms with Crippen LogP contribution in [0.5, 0.6) is 0 Å². The van der Waals surface area contributed by atoms with E-state index in [-0.39, 0.29) is 23.8 Å². The van der Waals surface area contributed by atoms with Gasteiger partial charge in [-0.05, 0) is 76.0 Å². The largest absolute Gasteiger partial charge is 0.458 e. The van der Waals surface area contributed by atoms with Crippen LogP contribution in [0.2, 0.25) is 0 Å². The number of hydrogen-bond acceptors (Lipinski definition) is 4. The Morgan fingerprint density at radius 2 is 1.66 bits per heavy atom. The van der Waals surface area contributed by atoms with Crippen LogP contribution in [0.25, 0.3) is 0 Å². The van der Waals surface area contributed by atoms with Crippen LogP contribution in [0, 0.1) is 23.5 Å². The second kappa shape index (κ2) is 10.1. The lowest BCUT2D eigenvalue weighted by atomic mass is 9.82. The summed E-state index contributed by atoms with van der Waals surface area (Å²) in [5.74, 6) is -3.84. The Hall–Kier alpha value is -3.29. The van der Waals surface area contributed by atoms with Gasteiger partial charge in [0.15, 0.2) is 5.54 Å². The molecule has 2 amide bonds. The summed E-state index contributed by atoms with van der Waals surface area (Å²) in [6.07, 6.45) is 1.42. The van der Waals surface area contributed by atoms with Crippen LogP contribution >= 0.6 is 0 Å². The van der Waals surface area contributed by atoms with Crippen LogP contribution < -0.4 is 5.32 Å². The van der Waals surface area contributed by atoms with Crippen LogP contribution in [0.3, 0.4) is 0 Å². The van der Waals surface area contributed by atoms with E-state index in [1.807, 2.05) is 38.1 Å². The van der Waals surface area contributed by atoms with Gasteiger partial charge in [0, 0.05) is 11.6 Å². The average Bonchev–Trinajstić information content (AvgIpc) is 3.23. The highest BCUT2D eigenvalue weighted by molar-refractivity contribution is 6.01. The molecule has 0 radical (unpaired) electrons. The van der Waals surface area contributed by atoms with Crippen LogP contribution in [0.1, 0.15) is 64.7 Å². The molecule has 2 aromatic carbocycles. The summed E-state index contributed by atoms with van der Waals surface area (Å²) in [6, 6.07) is 8.78. The number of halogens is 2. The zero-order valence-electron chi connectivity index (χ0n) is 22.8. The quantitative estimate of drug-likeness (QED) is 0.555. The first-order chi connectivity index (χ1) is 17.7. The maximum Gasteiger partial charge on any atom is 0.337 e. The van der Waals surface area contributed by atoms with Crippen molar-refractivity contribution in [3.63, 3.8) is 0 Å². The first kappa shape index (κ1) is 27.7. The lowest BCUT2D eigenvalue weighted by Gasteiger charge is -2.49. The summed E-state index contributed by atoms with van der Waals surface area (Å²) in [6.45, 7) is 10.2. The normalized spacial score (nSPS) is 21.8. The number of fused-ring (bicyclic) bond motifs is 1. The number of hydrogen-bond donors (Lipinski definition) is 1. The Labute approximate surface area is 222 Å². The van der Waals surface area contributed by atoms with Gasteiger partial charge in [0.1, 0.15) is 29.3 Å². The fraction of sp³-hybridized carbons (Fsp3) is 0.500. The molecule has 1 aliphatic carbocycles. The number of ether oxygens (including phenoxy) is 1. The fourth-order valence-electron chi connectivity index (χ4n) is 5.67. The third-order valence-electron chi connectivity index (χ3n) is 7.40. The molecule has 8 heteroatoms. The van der Waals surface area contributed by atoms with Gasteiger partial charge in [-0.3, -0.25) is 9.59 Å². The van der Waals surface area contributed by atoms with E-state index in [4.69, 9.17) is 4.74 Å². The van der Waals surface area contributed by atoms with Crippen LogP contribution in [-0.4, -0.2) is 40.4 Å². The highest BCUT2D eigenvalue weighted by Gasteiger charge is 2.57. The summed E-state index contributed by atoms with van der Waals surface area (Å²) < 4.78 is 35.1. The Morgan fingerprint density at radius 3 is 2.18 bits per heavy atom. The predicted octanol–water partition coefficient (Wildman–Crippen LogP) is 4.68. The Balaban J connectivity index is 1.85. The van der Waals surface area contributed by atoms with Crippen molar-refractivity contribution in [3.8, 4) is 0 Å². The SMILES string of the molecule is CC(C)C[C@@H]1C(=O)NC(C2Cc3ccccc3C2)C(=O)N1[C@@](C)(C(=O)OC(C)(C)C)c1ccc(F)cc1F. The van der Waals surface area contributed by atoms with Gasteiger partial charge in [0.05, 0.1) is 0 Å². The molecule has 6 nitrogen and oxygen atoms in total. The van der Waals surface area contributed by atoms with Crippen LogP contribution in [0.15, 0.2) is 42.5 Å². The Bertz CT molecular complexity index is 1230. The lowest BCUT2D eigenvalue weighted by molar-refractivity contribution is -0.181. The number of nitrogens with one attached hydrogen (secondary N) is 1. The van der Waals surface area contributed by atoms with Crippen molar-refractivity contribution >= 4 is 17.8 Å². The molecule has 204 valence electrons. The number of amides is 2. The third kappa shape index (κ3) is 5.18. The molecule has 38 heavy (non-hydrogen) atoms. The molecule has 0 aromatic heterocycles. The van der Waals surface area contributed by atoms with E-state index in [1.54, 1.807) is 20.8 Å². The number of carbonyl (C=O) groups excluding carboxylic acids is 3. The van der Waals surface area contributed by atoms with Gasteiger partial charge < -0.3 is 15.0 Å². The molecule has 0 spiro atoms. The number of piperazine rings is 1. The second-order valence-corrected chi connectivity index (χ2v) is 12.0. The number of carbonyl (C=O) groups is 3. The summed E-state index contributed by atoms with van der Waals surface area (Å²) in [4.78, 5) is 43.1. The standard InChI is InChI=1S/C30H36F2N2O4/c1-17(2)13-24-26(35)33-25(20-14-18-9-7-8-10-19(18)15-20)27(36)34(24)30(6,28(37)38-29(3,4)5)22-12-11-21(31)16-23(22)32/h7-12,16-17,20,24-25H,13-15H2,1-6H3,(H,33,35)/t24-,25?,30-/m1/s1. The van der Waals surface area contributed by atoms with E-state index in [9.17, 15) is 18.8 Å². The number of esters is 1. The van der Waals surface area contributed by atoms with Crippen LogP contribution in [0.4, 0.5) is 8.78 Å². The molecule has 1 unspecified atom stereocenters. The molecular formula is C30H36F2N2O4. The molecular weight excluding hydrogens is 490 g/mol. The van der Waals surface area contributed by atoms with Crippen molar-refractivity contribution in [1.82, 2.24) is 10.2 Å². The number of benzene rings is 2. The Morgan fingerprint density at radius 1 is 1.05 bits per heavy atom. The summed E-state index contributed by atoms with van der Waals surface area (Å²) >= 11 is 0. The molecule has 1 fully saturated rings. The molecule has 3 atom stereocenters. The first-order valence-electron chi connectivity index (χ1n) is 13.1. The average molecular weight is 527 g/mol. The minimum absolute atomic E-state index is 0.0192. The predicted molar refractivity (Wildman–Crippen MR) is 139 cm³/mol. The first-order valence-corrected chi connectivity index (χ1v) is 13.1. The van der Waals surface area contributed by atoms with Gasteiger partial charge >= 0.3 is 5.97 Å². The Kier molecular flexibility index (Phi) is 7.38. The lowest BCUT2D eigenvalue weighted by Crippen LogP contribution is -2.71. The van der Waals surface area contributed by atoms with Crippen LogP contribution in [-0.2, 0) is 37.5 Å². The monoisotopic (exact) mass is 526 g/mol. The zero-order chi connectivity index (χ0) is 28.0. The van der Waals surface area contributed by atoms with Crippen molar-refractivity contribution in [3.05, 3.63) is 70.8 Å². The van der Waals surface area contributed by atoms with E-state index in [2.05, 4.69) is 5.32 Å². The minimum atomic E-state index is -2.02. The van der Waals surface area contributed by atoms with E-state index >= 15 is 4.39 Å². The summed E-state index contributed by atoms with van der Waals surface area (Å²) in [5.41, 5.74) is -0.998. The summed E-state index contributed by atoms with van der Waals surface area (Å²) in [7, 11) is 0. The van der Waals surface area contributed by atoms with E-state index in [1.165, 1.54) is 11.8 Å². The highest BCUT2D eigenvalue weighted by Crippen LogP contribution is 2.40. The molecule has 4 rings (SSSR count). The topological polar surface area (TPSA) is 75.7 Å². The van der Waals surface area contributed by atoms with Gasteiger partial charge in [-0.15, -0.1) is 0 Å². The fourth-order valence-corrected chi connectivity index (χ4v) is 5.67. The van der Waals surface area contributed by atoms with Gasteiger partial charge in [0.25, 0.3) is 0 Å². The van der Waals surface area contributed by atoms with E-state index < -0.39 is 52.6 Å². The number of rotatable bonds is 6. The smallest absolute Gasteiger partial charge is 0.337 e. The third-order valence-corrected chi connectivity index (χ3v) is 7.40. The van der Waals surface area contributed by atoms with Crippen molar-refractivity contribution in [2.24, 2.45) is 11.8 Å². The van der Waals surface area contributed by atoms with Gasteiger partial charge in [-0.2, -0.15) is 0 Å². The van der Waals surface area contributed by atoms with Crippen molar-refractivity contribution < 1.29 is 27.9 Å². The van der Waals surface area contributed by atoms with Crippen molar-refractivity contribution in [2.45, 2.75) is 84.0 Å². The van der Waals surface area contributed by atoms with Crippen molar-refractivity contribution in [1.29, 1.82) is 0 Å².